The fraction of sp³-hybridized carbons (Fsp3) is 0.887. The van der Waals surface area contributed by atoms with Crippen molar-refractivity contribution in [3.05, 3.63) is 36.5 Å². The highest BCUT2D eigenvalue weighted by Crippen LogP contribution is 2.43. The Morgan fingerprint density at radius 1 is 0.432 bits per heavy atom. The van der Waals surface area contributed by atoms with Crippen molar-refractivity contribution < 1.29 is 37.3 Å². The molecule has 0 aromatic rings. The van der Waals surface area contributed by atoms with Gasteiger partial charge in [0.05, 0.1) is 33.8 Å². The molecule has 0 aliphatic heterocycles. The predicted octanol–water partition coefficient (Wildman–Crippen LogP) is 22.2. The van der Waals surface area contributed by atoms with Gasteiger partial charge in [0.25, 0.3) is 0 Å². The van der Waals surface area contributed by atoms with Crippen LogP contribution >= 0.6 is 7.82 Å². The number of rotatable bonds is 65. The second-order valence-electron chi connectivity index (χ2n) is 25.4. The van der Waals surface area contributed by atoms with Crippen molar-refractivity contribution in [3.8, 4) is 0 Å². The Bertz CT molecular complexity index is 1480. The van der Waals surface area contributed by atoms with Gasteiger partial charge in [-0.1, -0.05) is 314 Å². The monoisotopic (exact) mass is 1160 g/mol. The first-order chi connectivity index (χ1) is 39.4. The number of unbranched alkanes of at least 4 members (excludes halogenated alkanes) is 45. The van der Waals surface area contributed by atoms with Crippen molar-refractivity contribution in [1.29, 1.82) is 0 Å². The van der Waals surface area contributed by atoms with Gasteiger partial charge in [-0.05, 0) is 63.9 Å². The van der Waals surface area contributed by atoms with Gasteiger partial charge >= 0.3 is 13.8 Å². The third kappa shape index (κ3) is 62.6. The number of nitrogens with one attached hydrogen (secondary N) is 1. The maximum Gasteiger partial charge on any atom is 0.472 e. The molecule has 0 fully saturated rings. The number of carbonyl (C=O) groups is 2. The number of allylic oxidation sites excluding steroid dienone is 5. The third-order valence-corrected chi connectivity index (χ3v) is 17.1. The lowest BCUT2D eigenvalue weighted by Crippen LogP contribution is -2.47. The summed E-state index contributed by atoms with van der Waals surface area (Å²) in [4.78, 5) is 37.9. The van der Waals surface area contributed by atoms with Gasteiger partial charge in [-0.25, -0.2) is 4.57 Å². The third-order valence-electron chi connectivity index (χ3n) is 16.1. The number of hydrogen-bond acceptors (Lipinski definition) is 6. The minimum Gasteiger partial charge on any atom is -0.456 e. The molecule has 3 atom stereocenters. The molecule has 478 valence electrons. The summed E-state index contributed by atoms with van der Waals surface area (Å²) < 4.78 is 30.8. The Hall–Kier alpha value is -1.77. The predicted molar refractivity (Wildman–Crippen MR) is 351 cm³/mol. The first-order valence-corrected chi connectivity index (χ1v) is 36.8. The van der Waals surface area contributed by atoms with Crippen LogP contribution in [0.5, 0.6) is 0 Å². The van der Waals surface area contributed by atoms with E-state index in [1.54, 1.807) is 0 Å². The molecule has 10 heteroatoms. The topological polar surface area (TPSA) is 111 Å². The number of ether oxygens (including phenoxy) is 1. The summed E-state index contributed by atoms with van der Waals surface area (Å²) in [7, 11) is 1.51. The molecule has 0 spiro atoms. The maximum absolute atomic E-state index is 13.6. The van der Waals surface area contributed by atoms with Gasteiger partial charge in [-0.2, -0.15) is 0 Å². The number of quaternary nitrogens is 1. The van der Waals surface area contributed by atoms with Crippen LogP contribution in [0.15, 0.2) is 36.5 Å². The molecule has 0 aromatic carbocycles. The SMILES string of the molecule is CCCCC/C=C\C/C=C\CCCCCCCCCCCCCC(=O)NC(COP(=O)(O)OCC[N+](C)(C)C)C(/C=C/CCCCCCCCCCCCC)OC(=O)CCCCCCCCCCCCCCCCCCCCCCC. The number of hydrogen-bond donors (Lipinski definition) is 2. The highest BCUT2D eigenvalue weighted by atomic mass is 31.2. The molecule has 3 unspecified atom stereocenters. The fourth-order valence-electron chi connectivity index (χ4n) is 10.6. The van der Waals surface area contributed by atoms with Crippen LogP contribution in [0.25, 0.3) is 0 Å². The van der Waals surface area contributed by atoms with Crippen LogP contribution in [-0.2, 0) is 27.9 Å². The Morgan fingerprint density at radius 3 is 1.14 bits per heavy atom. The number of nitrogens with zero attached hydrogens (tertiary/aromatic N) is 1. The quantitative estimate of drug-likeness (QED) is 0.0205. The molecule has 0 saturated heterocycles. The van der Waals surface area contributed by atoms with E-state index in [2.05, 4.69) is 56.5 Å². The average Bonchev–Trinajstić information content (AvgIpc) is 3.44. The van der Waals surface area contributed by atoms with E-state index in [1.165, 1.54) is 257 Å². The van der Waals surface area contributed by atoms with Crippen LogP contribution in [-0.4, -0.2) is 74.3 Å². The van der Waals surface area contributed by atoms with Gasteiger partial charge in [0.2, 0.25) is 5.91 Å². The summed E-state index contributed by atoms with van der Waals surface area (Å²) in [5.41, 5.74) is 0. The van der Waals surface area contributed by atoms with Crippen LogP contribution in [0.1, 0.15) is 355 Å². The smallest absolute Gasteiger partial charge is 0.456 e. The van der Waals surface area contributed by atoms with Crippen molar-refractivity contribution in [2.75, 3.05) is 40.9 Å². The zero-order valence-electron chi connectivity index (χ0n) is 54.8. The largest absolute Gasteiger partial charge is 0.472 e. The van der Waals surface area contributed by atoms with Gasteiger partial charge in [-0.15, -0.1) is 0 Å². The number of phosphoric acid groups is 1. The highest BCUT2D eigenvalue weighted by molar-refractivity contribution is 7.47. The molecule has 0 heterocycles. The fourth-order valence-corrected chi connectivity index (χ4v) is 11.4. The number of carbonyl (C=O) groups excluding carboxylic acids is 2. The summed E-state index contributed by atoms with van der Waals surface area (Å²) in [6, 6.07) is -0.846. The van der Waals surface area contributed by atoms with E-state index in [0.717, 1.165) is 64.2 Å². The molecular weight excluding hydrogens is 1020 g/mol. The Labute approximate surface area is 504 Å². The van der Waals surface area contributed by atoms with Gasteiger partial charge < -0.3 is 19.4 Å². The highest BCUT2D eigenvalue weighted by Gasteiger charge is 2.30. The summed E-state index contributed by atoms with van der Waals surface area (Å²) in [5.74, 6) is -0.487. The van der Waals surface area contributed by atoms with Crippen LogP contribution in [0.4, 0.5) is 0 Å². The van der Waals surface area contributed by atoms with E-state index >= 15 is 0 Å². The van der Waals surface area contributed by atoms with Crippen LogP contribution in [0.3, 0.4) is 0 Å². The van der Waals surface area contributed by atoms with E-state index in [0.29, 0.717) is 23.9 Å². The lowest BCUT2D eigenvalue weighted by molar-refractivity contribution is -0.870. The molecule has 0 radical (unpaired) electrons. The van der Waals surface area contributed by atoms with Crippen LogP contribution in [0, 0.1) is 0 Å². The number of esters is 1. The average molecular weight is 1160 g/mol. The van der Waals surface area contributed by atoms with Crippen molar-refractivity contribution in [3.63, 3.8) is 0 Å². The van der Waals surface area contributed by atoms with Crippen molar-refractivity contribution in [1.82, 2.24) is 5.32 Å². The molecule has 0 rings (SSSR count). The number of likely N-dealkylation sites (N-methyl/N-ethyl adjacent to an activating group) is 1. The molecular formula is C71H138N2O7P+. The summed E-state index contributed by atoms with van der Waals surface area (Å²) >= 11 is 0. The van der Waals surface area contributed by atoms with Gasteiger partial charge in [0.1, 0.15) is 19.3 Å². The molecule has 2 N–H and O–H groups in total. The molecule has 0 aliphatic carbocycles. The first-order valence-electron chi connectivity index (χ1n) is 35.3. The second-order valence-corrected chi connectivity index (χ2v) is 26.9. The summed E-state index contributed by atoms with van der Waals surface area (Å²) in [6.45, 7) is 7.05. The zero-order chi connectivity index (χ0) is 59.3. The molecule has 81 heavy (non-hydrogen) atoms. The second kappa shape index (κ2) is 61.3. The number of phosphoric ester groups is 1. The molecule has 0 saturated carbocycles. The van der Waals surface area contributed by atoms with Crippen molar-refractivity contribution >= 4 is 19.7 Å². The van der Waals surface area contributed by atoms with Crippen LogP contribution < -0.4 is 5.32 Å². The Balaban J connectivity index is 5.11. The van der Waals surface area contributed by atoms with E-state index in [4.69, 9.17) is 13.8 Å². The normalized spacial score (nSPS) is 13.7. The molecule has 1 amide bonds. The lowest BCUT2D eigenvalue weighted by Gasteiger charge is -2.27. The minimum atomic E-state index is -4.45. The zero-order valence-corrected chi connectivity index (χ0v) is 55.7. The molecule has 0 bridgehead atoms. The summed E-state index contributed by atoms with van der Waals surface area (Å²) in [5, 5.41) is 3.08. The minimum absolute atomic E-state index is 0.0427. The molecule has 9 nitrogen and oxygen atoms in total. The Morgan fingerprint density at radius 2 is 0.753 bits per heavy atom. The summed E-state index contributed by atoms with van der Waals surface area (Å²) in [6.07, 6.45) is 75.8. The van der Waals surface area contributed by atoms with E-state index < -0.39 is 20.0 Å². The maximum atomic E-state index is 13.6. The van der Waals surface area contributed by atoms with Gasteiger partial charge in [0.15, 0.2) is 0 Å². The molecule has 0 aliphatic rings. The Kier molecular flexibility index (Phi) is 60.0. The van der Waals surface area contributed by atoms with Gasteiger partial charge in [0, 0.05) is 12.8 Å². The molecule has 0 aromatic heterocycles. The van der Waals surface area contributed by atoms with E-state index in [-0.39, 0.29) is 25.1 Å². The first kappa shape index (κ1) is 79.2. The van der Waals surface area contributed by atoms with Crippen LogP contribution in [0.2, 0.25) is 0 Å². The van der Waals surface area contributed by atoms with Crippen molar-refractivity contribution in [2.45, 2.75) is 367 Å². The van der Waals surface area contributed by atoms with Gasteiger partial charge in [-0.3, -0.25) is 18.6 Å². The number of amides is 1. The standard InChI is InChI=1S/C71H137N2O7P/c1-7-10-13-16-19-22-25-28-30-32-34-36-38-40-42-45-48-51-54-57-60-63-70(74)72-68(67-79-81(76,77)78-66-65-73(4,5)6)69(62-59-56-53-50-47-44-27-24-21-18-15-12-9-3)80-71(75)64-61-58-55-52-49-46-43-41-39-37-35-33-31-29-26-23-20-17-14-11-8-2/h19,22,28,30,59,62,68-69H,7-18,20-21,23-27,29,31-58,60-61,63-67H2,1-6H3,(H-,72,74,76,77)/p+1/b22-19-,30-28-,62-59+. The van der Waals surface area contributed by atoms with E-state index in [9.17, 15) is 19.0 Å². The lowest BCUT2D eigenvalue weighted by atomic mass is 10.0. The van der Waals surface area contributed by atoms with Crippen molar-refractivity contribution in [2.24, 2.45) is 0 Å². The van der Waals surface area contributed by atoms with E-state index in [1.807, 2.05) is 27.2 Å².